The Morgan fingerprint density at radius 2 is 1.91 bits per heavy atom. The molecule has 0 radical (unpaired) electrons. The van der Waals surface area contributed by atoms with Crippen molar-refractivity contribution in [2.75, 3.05) is 11.4 Å². The molecule has 178 valence electrons. The smallest absolute Gasteiger partial charge is 0.320 e. The van der Waals surface area contributed by atoms with Gasteiger partial charge in [0.2, 0.25) is 0 Å². The molecule has 1 aliphatic rings. The van der Waals surface area contributed by atoms with Gasteiger partial charge in [-0.3, -0.25) is 4.57 Å². The molecule has 4 nitrogen and oxygen atoms in total. The van der Waals surface area contributed by atoms with Gasteiger partial charge in [-0.2, -0.15) is 18.2 Å². The predicted molar refractivity (Wildman–Crippen MR) is 116 cm³/mol. The summed E-state index contributed by atoms with van der Waals surface area (Å²) in [6.45, 7) is -0.958. The number of hydrogen-bond donors (Lipinski definition) is 0. The molecule has 1 fully saturated rings. The number of rotatable bonds is 4. The second kappa shape index (κ2) is 8.55. The maximum absolute atomic E-state index is 14.4. The van der Waals surface area contributed by atoms with Crippen molar-refractivity contribution in [1.82, 2.24) is 9.55 Å². The summed E-state index contributed by atoms with van der Waals surface area (Å²) in [5, 5.41) is 0.583. The van der Waals surface area contributed by atoms with E-state index in [2.05, 4.69) is 16.8 Å². The van der Waals surface area contributed by atoms with Gasteiger partial charge in [0.25, 0.3) is 6.43 Å². The average Bonchev–Trinajstić information content (AvgIpc) is 3.54. The molecule has 1 saturated carbocycles. The Bertz CT molecular complexity index is 1390. The summed E-state index contributed by atoms with van der Waals surface area (Å²) in [6, 6.07) is 7.45. The molecule has 1 heterocycles. The Kier molecular flexibility index (Phi) is 6.02. The van der Waals surface area contributed by atoms with Crippen molar-refractivity contribution in [2.45, 2.75) is 25.4 Å². The van der Waals surface area contributed by atoms with E-state index in [0.717, 1.165) is 17.0 Å². The van der Waals surface area contributed by atoms with Crippen LogP contribution in [0.15, 0.2) is 41.2 Å². The molecule has 0 bridgehead atoms. The van der Waals surface area contributed by atoms with E-state index in [4.69, 9.17) is 11.6 Å². The van der Waals surface area contributed by atoms with Crippen molar-refractivity contribution in [3.63, 3.8) is 0 Å². The van der Waals surface area contributed by atoms with Gasteiger partial charge in [-0.05, 0) is 49.2 Å². The number of benzene rings is 2. The lowest BCUT2D eigenvalue weighted by atomic mass is 10.1. The third-order valence-electron chi connectivity index (χ3n) is 5.56. The summed E-state index contributed by atoms with van der Waals surface area (Å²) in [7, 11) is 1.43. The minimum Gasteiger partial charge on any atom is -0.320 e. The Labute approximate surface area is 194 Å². The SMILES string of the molecule is Cn1c(=O)nc(N(CC(F)F)c2cc(F)cc(C#CC3(C(F)(F)F)CC3)c2)c2ccc(Cl)cc21. The zero-order valence-electron chi connectivity index (χ0n) is 17.6. The monoisotopic (exact) mass is 499 g/mol. The minimum atomic E-state index is -4.52. The van der Waals surface area contributed by atoms with E-state index >= 15 is 0 Å². The normalized spacial score (nSPS) is 14.7. The number of anilines is 2. The van der Waals surface area contributed by atoms with E-state index in [0.29, 0.717) is 10.5 Å². The second-order valence-corrected chi connectivity index (χ2v) is 8.40. The average molecular weight is 500 g/mol. The molecule has 0 saturated heterocycles. The van der Waals surface area contributed by atoms with Crippen molar-refractivity contribution < 1.29 is 26.3 Å². The van der Waals surface area contributed by atoms with Gasteiger partial charge >= 0.3 is 11.9 Å². The zero-order chi connectivity index (χ0) is 24.8. The molecule has 11 heteroatoms. The van der Waals surface area contributed by atoms with Crippen molar-refractivity contribution in [3.8, 4) is 11.8 Å². The van der Waals surface area contributed by atoms with Gasteiger partial charge in [0.05, 0.1) is 12.1 Å². The van der Waals surface area contributed by atoms with E-state index in [1.165, 1.54) is 35.9 Å². The van der Waals surface area contributed by atoms with Crippen molar-refractivity contribution in [1.29, 1.82) is 0 Å². The van der Waals surface area contributed by atoms with Crippen LogP contribution in [-0.4, -0.2) is 28.7 Å². The van der Waals surface area contributed by atoms with Gasteiger partial charge in [-0.25, -0.2) is 18.0 Å². The number of aryl methyl sites for hydroxylation is 1. The molecule has 4 rings (SSSR count). The largest absolute Gasteiger partial charge is 0.405 e. The number of halogens is 7. The van der Waals surface area contributed by atoms with Crippen LogP contribution >= 0.6 is 11.6 Å². The molecule has 3 aromatic rings. The highest BCUT2D eigenvalue weighted by atomic mass is 35.5. The molecular formula is C23H16ClF6N3O. The minimum absolute atomic E-state index is 0.124. The van der Waals surface area contributed by atoms with Crippen LogP contribution in [0.2, 0.25) is 5.02 Å². The van der Waals surface area contributed by atoms with Crippen molar-refractivity contribution in [2.24, 2.45) is 12.5 Å². The van der Waals surface area contributed by atoms with Gasteiger partial charge in [-0.1, -0.05) is 23.4 Å². The number of fused-ring (bicyclic) bond motifs is 1. The van der Waals surface area contributed by atoms with E-state index < -0.39 is 36.1 Å². The van der Waals surface area contributed by atoms with Gasteiger partial charge in [0.15, 0.2) is 0 Å². The van der Waals surface area contributed by atoms with E-state index in [-0.39, 0.29) is 35.3 Å². The Hall–Kier alpha value is -3.19. The van der Waals surface area contributed by atoms with Crippen LogP contribution < -0.4 is 10.6 Å². The maximum Gasteiger partial charge on any atom is 0.405 e. The van der Waals surface area contributed by atoms with Crippen molar-refractivity contribution >= 4 is 34.0 Å². The number of hydrogen-bond acceptors (Lipinski definition) is 3. The Morgan fingerprint density at radius 1 is 1.21 bits per heavy atom. The molecule has 1 aliphatic carbocycles. The summed E-state index contributed by atoms with van der Waals surface area (Å²) < 4.78 is 82.2. The van der Waals surface area contributed by atoms with E-state index in [9.17, 15) is 31.1 Å². The fraction of sp³-hybridized carbons (Fsp3) is 0.304. The van der Waals surface area contributed by atoms with Crippen LogP contribution in [-0.2, 0) is 7.05 Å². The number of alkyl halides is 5. The summed E-state index contributed by atoms with van der Waals surface area (Å²) in [5.41, 5.74) is -2.86. The van der Waals surface area contributed by atoms with Crippen LogP contribution in [0, 0.1) is 23.1 Å². The lowest BCUT2D eigenvalue weighted by molar-refractivity contribution is -0.168. The quantitative estimate of drug-likeness (QED) is 0.335. The molecule has 0 atom stereocenters. The van der Waals surface area contributed by atoms with Crippen LogP contribution in [0.5, 0.6) is 0 Å². The lowest BCUT2D eigenvalue weighted by Gasteiger charge is -2.25. The number of aromatic nitrogens is 2. The van der Waals surface area contributed by atoms with Gasteiger partial charge in [0, 0.05) is 28.7 Å². The summed E-state index contributed by atoms with van der Waals surface area (Å²) in [5.74, 6) is 3.43. The Morgan fingerprint density at radius 3 is 2.53 bits per heavy atom. The highest BCUT2D eigenvalue weighted by Gasteiger charge is 2.62. The molecular weight excluding hydrogens is 484 g/mol. The first-order valence-corrected chi connectivity index (χ1v) is 10.4. The van der Waals surface area contributed by atoms with Crippen molar-refractivity contribution in [3.05, 3.63) is 63.3 Å². The van der Waals surface area contributed by atoms with Gasteiger partial charge in [-0.15, -0.1) is 0 Å². The fourth-order valence-corrected chi connectivity index (χ4v) is 3.72. The third-order valence-corrected chi connectivity index (χ3v) is 5.79. The zero-order valence-corrected chi connectivity index (χ0v) is 18.3. The standard InChI is InChI=1S/C23H16ClF6N3O/c1-32-18-10-14(24)2-3-17(18)20(31-21(32)34)33(12-19(26)27)16-9-13(8-15(25)11-16)4-5-22(6-7-22)23(28,29)30/h2-3,8-11,19H,6-7,12H2,1H3. The summed E-state index contributed by atoms with van der Waals surface area (Å²) in [4.78, 5) is 17.3. The first kappa shape index (κ1) is 24.0. The van der Waals surface area contributed by atoms with Crippen LogP contribution in [0.25, 0.3) is 10.9 Å². The topological polar surface area (TPSA) is 38.1 Å². The summed E-state index contributed by atoms with van der Waals surface area (Å²) >= 11 is 6.01. The van der Waals surface area contributed by atoms with Gasteiger partial charge in [0.1, 0.15) is 17.1 Å². The maximum atomic E-state index is 14.4. The lowest BCUT2D eigenvalue weighted by Crippen LogP contribution is -2.30. The molecule has 1 aromatic heterocycles. The number of nitrogens with zero attached hydrogens (tertiary/aromatic N) is 3. The van der Waals surface area contributed by atoms with Crippen LogP contribution in [0.4, 0.5) is 37.8 Å². The highest BCUT2D eigenvalue weighted by molar-refractivity contribution is 6.31. The molecule has 0 amide bonds. The predicted octanol–water partition coefficient (Wildman–Crippen LogP) is 5.82. The third kappa shape index (κ3) is 4.57. The molecule has 0 unspecified atom stereocenters. The van der Waals surface area contributed by atoms with Crippen LogP contribution in [0.3, 0.4) is 0 Å². The fourth-order valence-electron chi connectivity index (χ4n) is 3.56. The van der Waals surface area contributed by atoms with E-state index in [1.807, 2.05) is 0 Å². The Balaban J connectivity index is 1.86. The summed E-state index contributed by atoms with van der Waals surface area (Å²) in [6.07, 6.45) is -7.75. The second-order valence-electron chi connectivity index (χ2n) is 7.97. The molecule has 34 heavy (non-hydrogen) atoms. The van der Waals surface area contributed by atoms with Gasteiger partial charge < -0.3 is 4.90 Å². The molecule has 0 spiro atoms. The molecule has 2 aromatic carbocycles. The highest BCUT2D eigenvalue weighted by Crippen LogP contribution is 2.57. The first-order valence-electron chi connectivity index (χ1n) is 10.0. The first-order chi connectivity index (χ1) is 15.9. The van der Waals surface area contributed by atoms with Crippen LogP contribution in [0.1, 0.15) is 18.4 Å². The molecule has 0 N–H and O–H groups in total. The van der Waals surface area contributed by atoms with E-state index in [1.54, 1.807) is 0 Å². The molecule has 0 aliphatic heterocycles.